The van der Waals surface area contributed by atoms with Crippen molar-refractivity contribution in [3.05, 3.63) is 12.7 Å². The van der Waals surface area contributed by atoms with Crippen LogP contribution in [0.1, 0.15) is 19.8 Å². The number of piperidine rings is 1. The molecule has 0 aromatic rings. The van der Waals surface area contributed by atoms with E-state index in [0.29, 0.717) is 12.6 Å². The van der Waals surface area contributed by atoms with E-state index in [4.69, 9.17) is 0 Å². The van der Waals surface area contributed by atoms with Crippen LogP contribution in [-0.2, 0) is 4.79 Å². The van der Waals surface area contributed by atoms with Crippen molar-refractivity contribution in [2.24, 2.45) is 0 Å². The van der Waals surface area contributed by atoms with Crippen LogP contribution < -0.4 is 10.6 Å². The van der Waals surface area contributed by atoms with Gasteiger partial charge in [-0.25, -0.2) is 0 Å². The Morgan fingerprint density at radius 3 is 2.81 bits per heavy atom. The van der Waals surface area contributed by atoms with Crippen LogP contribution in [0.4, 0.5) is 0 Å². The van der Waals surface area contributed by atoms with Crippen molar-refractivity contribution in [3.8, 4) is 0 Å². The van der Waals surface area contributed by atoms with Crippen LogP contribution in [0.25, 0.3) is 0 Å². The van der Waals surface area contributed by atoms with E-state index in [1.165, 1.54) is 0 Å². The molecule has 1 saturated heterocycles. The fourth-order valence-electron chi connectivity index (χ4n) is 2.04. The summed E-state index contributed by atoms with van der Waals surface area (Å²) in [4.78, 5) is 13.9. The van der Waals surface area contributed by atoms with Gasteiger partial charge in [-0.15, -0.1) is 6.58 Å². The lowest BCUT2D eigenvalue weighted by Crippen LogP contribution is -2.50. The number of amides is 1. The maximum atomic E-state index is 11.8. The average Bonchev–Trinajstić information content (AvgIpc) is 2.35. The Kier molecular flexibility index (Phi) is 5.49. The molecule has 1 atom stereocenters. The molecule has 1 fully saturated rings. The van der Waals surface area contributed by atoms with E-state index in [1.54, 1.807) is 6.08 Å². The SMILES string of the molecule is C=CCNC(=O)C(C)N(C)C1CCNCC1. The zero-order chi connectivity index (χ0) is 12.0. The van der Waals surface area contributed by atoms with Crippen LogP contribution in [0.15, 0.2) is 12.7 Å². The molecule has 2 N–H and O–H groups in total. The van der Waals surface area contributed by atoms with Gasteiger partial charge in [-0.1, -0.05) is 6.08 Å². The molecule has 0 radical (unpaired) electrons. The third kappa shape index (κ3) is 3.61. The molecule has 0 spiro atoms. The predicted molar refractivity (Wildman–Crippen MR) is 66.3 cm³/mol. The van der Waals surface area contributed by atoms with E-state index < -0.39 is 0 Å². The van der Waals surface area contributed by atoms with Gasteiger partial charge in [0, 0.05) is 12.6 Å². The number of carbonyl (C=O) groups is 1. The first-order chi connectivity index (χ1) is 7.66. The Bertz CT molecular complexity index is 236. The zero-order valence-corrected chi connectivity index (χ0v) is 10.3. The van der Waals surface area contributed by atoms with Gasteiger partial charge in [0.2, 0.25) is 5.91 Å². The summed E-state index contributed by atoms with van der Waals surface area (Å²) in [5.41, 5.74) is 0. The quantitative estimate of drug-likeness (QED) is 0.664. The van der Waals surface area contributed by atoms with Crippen molar-refractivity contribution >= 4 is 5.91 Å². The standard InChI is InChI=1S/C12H23N3O/c1-4-7-14-12(16)10(2)15(3)11-5-8-13-9-6-11/h4,10-11,13H,1,5-9H2,2-3H3,(H,14,16). The molecule has 4 heteroatoms. The van der Waals surface area contributed by atoms with Crippen molar-refractivity contribution in [1.82, 2.24) is 15.5 Å². The van der Waals surface area contributed by atoms with E-state index >= 15 is 0 Å². The topological polar surface area (TPSA) is 44.4 Å². The third-order valence-electron chi connectivity index (χ3n) is 3.30. The third-order valence-corrected chi connectivity index (χ3v) is 3.30. The van der Waals surface area contributed by atoms with Gasteiger partial charge in [0.05, 0.1) is 6.04 Å². The van der Waals surface area contributed by atoms with Crippen molar-refractivity contribution in [2.75, 3.05) is 26.7 Å². The molecule has 1 heterocycles. The highest BCUT2D eigenvalue weighted by Gasteiger charge is 2.25. The molecule has 1 rings (SSSR count). The second-order valence-corrected chi connectivity index (χ2v) is 4.36. The smallest absolute Gasteiger partial charge is 0.237 e. The Morgan fingerprint density at radius 2 is 2.25 bits per heavy atom. The lowest BCUT2D eigenvalue weighted by molar-refractivity contribution is -0.126. The predicted octanol–water partition coefficient (Wildman–Crippen LogP) is 0.361. The van der Waals surface area contributed by atoms with Crippen LogP contribution in [0.2, 0.25) is 0 Å². The molecule has 0 aromatic heterocycles. The van der Waals surface area contributed by atoms with Gasteiger partial charge in [-0.3, -0.25) is 9.69 Å². The first kappa shape index (κ1) is 13.2. The van der Waals surface area contributed by atoms with Gasteiger partial charge in [0.25, 0.3) is 0 Å². The van der Waals surface area contributed by atoms with Crippen LogP contribution in [0.5, 0.6) is 0 Å². The van der Waals surface area contributed by atoms with Gasteiger partial charge in [-0.05, 0) is 39.9 Å². The molecule has 1 aliphatic heterocycles. The summed E-state index contributed by atoms with van der Waals surface area (Å²) in [6, 6.07) is 0.453. The molecule has 4 nitrogen and oxygen atoms in total. The van der Waals surface area contributed by atoms with E-state index in [0.717, 1.165) is 25.9 Å². The van der Waals surface area contributed by atoms with Crippen LogP contribution in [-0.4, -0.2) is 49.6 Å². The number of rotatable bonds is 5. The molecule has 1 amide bonds. The number of nitrogens with zero attached hydrogens (tertiary/aromatic N) is 1. The Hall–Kier alpha value is -0.870. The molecule has 0 bridgehead atoms. The van der Waals surface area contributed by atoms with Crippen molar-refractivity contribution in [1.29, 1.82) is 0 Å². The summed E-state index contributed by atoms with van der Waals surface area (Å²) < 4.78 is 0. The number of hydrogen-bond acceptors (Lipinski definition) is 3. The monoisotopic (exact) mass is 225 g/mol. The maximum Gasteiger partial charge on any atom is 0.237 e. The molecule has 0 saturated carbocycles. The summed E-state index contributed by atoms with van der Waals surface area (Å²) in [6.07, 6.45) is 3.94. The summed E-state index contributed by atoms with van der Waals surface area (Å²) in [5, 5.41) is 6.17. The molecule has 92 valence electrons. The normalized spacial score (nSPS) is 19.4. The van der Waals surface area contributed by atoms with Crippen molar-refractivity contribution < 1.29 is 4.79 Å². The molecule has 16 heavy (non-hydrogen) atoms. The van der Waals surface area contributed by atoms with Crippen molar-refractivity contribution in [3.63, 3.8) is 0 Å². The minimum atomic E-state index is -0.0666. The van der Waals surface area contributed by atoms with E-state index in [2.05, 4.69) is 22.1 Å². The Labute approximate surface area is 98.1 Å². The number of carbonyl (C=O) groups excluding carboxylic acids is 1. The van der Waals surface area contributed by atoms with Gasteiger partial charge in [0.15, 0.2) is 0 Å². The van der Waals surface area contributed by atoms with E-state index in [-0.39, 0.29) is 11.9 Å². The lowest BCUT2D eigenvalue weighted by atomic mass is 10.0. The van der Waals surface area contributed by atoms with Gasteiger partial charge in [-0.2, -0.15) is 0 Å². The van der Waals surface area contributed by atoms with E-state index in [9.17, 15) is 4.79 Å². The lowest BCUT2D eigenvalue weighted by Gasteiger charge is -2.35. The first-order valence-corrected chi connectivity index (χ1v) is 5.98. The zero-order valence-electron chi connectivity index (χ0n) is 10.3. The second-order valence-electron chi connectivity index (χ2n) is 4.36. The number of nitrogens with one attached hydrogen (secondary N) is 2. The maximum absolute atomic E-state index is 11.8. The van der Waals surface area contributed by atoms with Crippen LogP contribution in [0.3, 0.4) is 0 Å². The minimum Gasteiger partial charge on any atom is -0.351 e. The van der Waals surface area contributed by atoms with Gasteiger partial charge >= 0.3 is 0 Å². The Balaban J connectivity index is 2.41. The first-order valence-electron chi connectivity index (χ1n) is 5.98. The molecule has 1 aliphatic rings. The highest BCUT2D eigenvalue weighted by atomic mass is 16.2. The largest absolute Gasteiger partial charge is 0.351 e. The average molecular weight is 225 g/mol. The summed E-state index contributed by atoms with van der Waals surface area (Å²) >= 11 is 0. The molecular formula is C12H23N3O. The number of likely N-dealkylation sites (N-methyl/N-ethyl adjacent to an activating group) is 1. The van der Waals surface area contributed by atoms with Gasteiger partial charge in [0.1, 0.15) is 0 Å². The summed E-state index contributed by atoms with van der Waals surface area (Å²) in [5.74, 6) is 0.0842. The fraction of sp³-hybridized carbons (Fsp3) is 0.750. The molecule has 0 aliphatic carbocycles. The van der Waals surface area contributed by atoms with Crippen molar-refractivity contribution in [2.45, 2.75) is 31.8 Å². The summed E-state index contributed by atoms with van der Waals surface area (Å²) in [7, 11) is 2.04. The van der Waals surface area contributed by atoms with Gasteiger partial charge < -0.3 is 10.6 Å². The molecule has 0 aromatic carbocycles. The highest BCUT2D eigenvalue weighted by molar-refractivity contribution is 5.81. The molecular weight excluding hydrogens is 202 g/mol. The van der Waals surface area contributed by atoms with E-state index in [1.807, 2.05) is 14.0 Å². The van der Waals surface area contributed by atoms with Crippen LogP contribution in [0, 0.1) is 0 Å². The highest BCUT2D eigenvalue weighted by Crippen LogP contribution is 2.12. The minimum absolute atomic E-state index is 0.0666. The summed E-state index contributed by atoms with van der Waals surface area (Å²) in [6.45, 7) is 8.20. The number of hydrogen-bond donors (Lipinski definition) is 2. The second kappa shape index (κ2) is 6.66. The molecule has 1 unspecified atom stereocenters. The fourth-order valence-corrected chi connectivity index (χ4v) is 2.04. The van der Waals surface area contributed by atoms with Crippen LogP contribution >= 0.6 is 0 Å². The Morgan fingerprint density at radius 1 is 1.62 bits per heavy atom.